The van der Waals surface area contributed by atoms with Crippen molar-refractivity contribution in [3.8, 4) is 5.69 Å². The van der Waals surface area contributed by atoms with Crippen LogP contribution < -0.4 is 5.69 Å². The molecule has 234 valence electrons. The maximum absolute atomic E-state index is 14.2. The zero-order valence-electron chi connectivity index (χ0n) is 24.4. The van der Waals surface area contributed by atoms with Crippen molar-refractivity contribution >= 4 is 19.9 Å². The standard InChI is InChI=1S/C30H38F2N4O5S2/c1-42(38,39)28-5-3-26(4-6-28)35-17-18-36(30(35)37)27-9-12-33(13-10-27)14-11-29(23-19-24(31)21-25(32)20-23)22-7-15-34(16-8-22)43(2,40)41/h3-6,17-22,27,29H,7-16H2,1-2H3/t29-/m1/s1. The van der Waals surface area contributed by atoms with E-state index in [1.165, 1.54) is 39.4 Å². The van der Waals surface area contributed by atoms with Crippen LogP contribution >= 0.6 is 0 Å². The van der Waals surface area contributed by atoms with Crippen molar-refractivity contribution < 1.29 is 25.6 Å². The van der Waals surface area contributed by atoms with Crippen LogP contribution in [0, 0.1) is 17.6 Å². The zero-order chi connectivity index (χ0) is 30.9. The zero-order valence-corrected chi connectivity index (χ0v) is 26.0. The first-order chi connectivity index (χ1) is 20.3. The summed E-state index contributed by atoms with van der Waals surface area (Å²) in [5.41, 5.74) is 1.03. The molecule has 1 atom stereocenters. The minimum atomic E-state index is -3.33. The second-order valence-corrected chi connectivity index (χ2v) is 15.8. The number of benzene rings is 2. The number of nitrogens with zero attached hydrogens (tertiary/aromatic N) is 4. The van der Waals surface area contributed by atoms with Gasteiger partial charge in [0.1, 0.15) is 11.6 Å². The Balaban J connectivity index is 1.22. The fourth-order valence-electron chi connectivity index (χ4n) is 6.54. The van der Waals surface area contributed by atoms with E-state index in [0.29, 0.717) is 43.6 Å². The van der Waals surface area contributed by atoms with Gasteiger partial charge >= 0.3 is 5.69 Å². The van der Waals surface area contributed by atoms with Crippen molar-refractivity contribution in [2.75, 3.05) is 45.2 Å². The van der Waals surface area contributed by atoms with Crippen molar-refractivity contribution in [2.45, 2.75) is 49.0 Å². The third kappa shape index (κ3) is 7.44. The van der Waals surface area contributed by atoms with Gasteiger partial charge in [-0.2, -0.15) is 0 Å². The second kappa shape index (κ2) is 12.6. The molecule has 5 rings (SSSR count). The quantitative estimate of drug-likeness (QED) is 0.354. The van der Waals surface area contributed by atoms with Gasteiger partial charge in [0, 0.05) is 56.9 Å². The maximum Gasteiger partial charge on any atom is 0.332 e. The van der Waals surface area contributed by atoms with E-state index < -0.39 is 31.5 Å². The monoisotopic (exact) mass is 636 g/mol. The molecule has 0 aliphatic carbocycles. The number of imidazole rings is 1. The largest absolute Gasteiger partial charge is 0.332 e. The average Bonchev–Trinajstić information content (AvgIpc) is 3.33. The van der Waals surface area contributed by atoms with Crippen LogP contribution in [0.3, 0.4) is 0 Å². The summed E-state index contributed by atoms with van der Waals surface area (Å²) in [6, 6.07) is 9.92. The van der Waals surface area contributed by atoms with Gasteiger partial charge in [0.15, 0.2) is 9.84 Å². The van der Waals surface area contributed by atoms with E-state index in [1.54, 1.807) is 29.1 Å². The lowest BCUT2D eigenvalue weighted by Crippen LogP contribution is -2.40. The highest BCUT2D eigenvalue weighted by Crippen LogP contribution is 2.37. The molecule has 2 aliphatic heterocycles. The number of hydrogen-bond donors (Lipinski definition) is 0. The molecule has 2 aliphatic rings. The summed E-state index contributed by atoms with van der Waals surface area (Å²) in [5.74, 6) is -1.21. The van der Waals surface area contributed by atoms with E-state index in [2.05, 4.69) is 4.90 Å². The normalized spacial score (nSPS) is 19.1. The number of hydrogen-bond acceptors (Lipinski definition) is 6. The van der Waals surface area contributed by atoms with Crippen molar-refractivity contribution in [1.82, 2.24) is 18.3 Å². The molecule has 9 nitrogen and oxygen atoms in total. The number of rotatable bonds is 9. The second-order valence-electron chi connectivity index (χ2n) is 11.8. The molecule has 0 radical (unpaired) electrons. The molecule has 0 saturated carbocycles. The fraction of sp³-hybridized carbons (Fsp3) is 0.500. The van der Waals surface area contributed by atoms with Gasteiger partial charge in [0.05, 0.1) is 16.8 Å². The van der Waals surface area contributed by atoms with E-state index >= 15 is 0 Å². The molecular weight excluding hydrogens is 598 g/mol. The van der Waals surface area contributed by atoms with E-state index in [9.17, 15) is 30.4 Å². The molecule has 2 saturated heterocycles. The average molecular weight is 637 g/mol. The number of aromatic nitrogens is 2. The summed E-state index contributed by atoms with van der Waals surface area (Å²) >= 11 is 0. The third-order valence-corrected chi connectivity index (χ3v) is 11.3. The number of piperidine rings is 2. The van der Waals surface area contributed by atoms with Gasteiger partial charge in [0.2, 0.25) is 10.0 Å². The first kappa shape index (κ1) is 31.6. The van der Waals surface area contributed by atoms with Crippen LogP contribution in [0.25, 0.3) is 5.69 Å². The summed E-state index contributed by atoms with van der Waals surface area (Å²) < 4.78 is 80.6. The highest BCUT2D eigenvalue weighted by molar-refractivity contribution is 7.90. The minimum Gasteiger partial charge on any atom is -0.303 e. The number of sulfonamides is 1. The smallest absolute Gasteiger partial charge is 0.303 e. The molecular formula is C30H38F2N4O5S2. The van der Waals surface area contributed by atoms with Crippen LogP contribution in [0.5, 0.6) is 0 Å². The van der Waals surface area contributed by atoms with Gasteiger partial charge < -0.3 is 4.90 Å². The molecule has 0 N–H and O–H groups in total. The van der Waals surface area contributed by atoms with Crippen LogP contribution in [0.4, 0.5) is 8.78 Å². The Kier molecular flexibility index (Phi) is 9.26. The molecule has 0 unspecified atom stereocenters. The highest BCUT2D eigenvalue weighted by atomic mass is 32.2. The number of likely N-dealkylation sites (tertiary alicyclic amines) is 1. The predicted octanol–water partition coefficient (Wildman–Crippen LogP) is 3.80. The number of halogens is 2. The minimum absolute atomic E-state index is 0.0220. The van der Waals surface area contributed by atoms with Crippen molar-refractivity contribution in [2.24, 2.45) is 5.92 Å². The Morgan fingerprint density at radius 3 is 2.00 bits per heavy atom. The Labute approximate surface area is 251 Å². The van der Waals surface area contributed by atoms with Crippen molar-refractivity contribution in [3.63, 3.8) is 0 Å². The van der Waals surface area contributed by atoms with Crippen molar-refractivity contribution in [3.05, 3.63) is 82.5 Å². The van der Waals surface area contributed by atoms with Crippen LogP contribution in [0.1, 0.15) is 49.6 Å². The lowest BCUT2D eigenvalue weighted by atomic mass is 9.78. The van der Waals surface area contributed by atoms with E-state index in [-0.39, 0.29) is 28.5 Å². The van der Waals surface area contributed by atoms with Gasteiger partial charge in [-0.1, -0.05) is 0 Å². The van der Waals surface area contributed by atoms with Gasteiger partial charge in [-0.25, -0.2) is 34.7 Å². The van der Waals surface area contributed by atoms with Gasteiger partial charge in [-0.3, -0.25) is 9.13 Å². The maximum atomic E-state index is 14.2. The highest BCUT2D eigenvalue weighted by Gasteiger charge is 2.32. The predicted molar refractivity (Wildman–Crippen MR) is 161 cm³/mol. The van der Waals surface area contributed by atoms with Crippen LogP contribution in [0.15, 0.2) is 64.5 Å². The van der Waals surface area contributed by atoms with Crippen LogP contribution in [-0.4, -0.2) is 80.4 Å². The van der Waals surface area contributed by atoms with E-state index in [1.807, 2.05) is 0 Å². The Bertz CT molecular complexity index is 1690. The summed E-state index contributed by atoms with van der Waals surface area (Å²) in [7, 11) is -6.61. The molecule has 13 heteroatoms. The summed E-state index contributed by atoms with van der Waals surface area (Å²) in [6.45, 7) is 3.06. The summed E-state index contributed by atoms with van der Waals surface area (Å²) in [4.78, 5) is 15.7. The first-order valence-corrected chi connectivity index (χ1v) is 18.3. The Morgan fingerprint density at radius 2 is 1.44 bits per heavy atom. The first-order valence-electron chi connectivity index (χ1n) is 14.5. The van der Waals surface area contributed by atoms with E-state index in [0.717, 1.165) is 44.8 Å². The lowest BCUT2D eigenvalue weighted by molar-refractivity contribution is 0.166. The summed E-state index contributed by atoms with van der Waals surface area (Å²) in [6.07, 6.45) is 9.30. The SMILES string of the molecule is CS(=O)(=O)c1ccc(-n2ccn(C3CCN(CC[C@@H](c4cc(F)cc(F)c4)C4CCN(S(C)(=O)=O)CC4)CC3)c2=O)cc1. The number of sulfone groups is 1. The molecule has 2 aromatic carbocycles. The topological polar surface area (TPSA) is 102 Å². The molecule has 0 bridgehead atoms. The molecule has 0 spiro atoms. The van der Waals surface area contributed by atoms with Gasteiger partial charge in [-0.15, -0.1) is 0 Å². The molecule has 0 amide bonds. The summed E-state index contributed by atoms with van der Waals surface area (Å²) in [5, 5.41) is 0. The molecule has 3 aromatic rings. The van der Waals surface area contributed by atoms with E-state index in [4.69, 9.17) is 0 Å². The van der Waals surface area contributed by atoms with Gasteiger partial charge in [-0.05, 0) is 92.4 Å². The molecule has 43 heavy (non-hydrogen) atoms. The van der Waals surface area contributed by atoms with Crippen molar-refractivity contribution in [1.29, 1.82) is 0 Å². The Hall–Kier alpha value is -2.87. The fourth-order valence-corrected chi connectivity index (χ4v) is 8.04. The Morgan fingerprint density at radius 1 is 0.837 bits per heavy atom. The lowest BCUT2D eigenvalue weighted by Gasteiger charge is -2.37. The third-order valence-electron chi connectivity index (χ3n) is 8.90. The molecule has 1 aromatic heterocycles. The van der Waals surface area contributed by atoms with Gasteiger partial charge in [0.25, 0.3) is 0 Å². The van der Waals surface area contributed by atoms with Crippen LogP contribution in [-0.2, 0) is 19.9 Å². The molecule has 2 fully saturated rings. The van der Waals surface area contributed by atoms with Crippen LogP contribution in [0.2, 0.25) is 0 Å². The molecule has 3 heterocycles.